The fourth-order valence-electron chi connectivity index (χ4n) is 2.24. The molecule has 1 unspecified atom stereocenters. The average molecular weight is 338 g/mol. The summed E-state index contributed by atoms with van der Waals surface area (Å²) >= 11 is 4.58. The zero-order valence-corrected chi connectivity index (χ0v) is 12.9. The second kappa shape index (κ2) is 5.38. The van der Waals surface area contributed by atoms with Gasteiger partial charge in [-0.3, -0.25) is 0 Å². The van der Waals surface area contributed by atoms with Crippen LogP contribution >= 0.6 is 27.3 Å². The zero-order valence-electron chi connectivity index (χ0n) is 9.73. The van der Waals surface area contributed by atoms with Crippen molar-refractivity contribution in [3.8, 4) is 0 Å². The van der Waals surface area contributed by atoms with Crippen LogP contribution < -0.4 is 0 Å². The van der Waals surface area contributed by atoms with Crippen molar-refractivity contribution in [1.29, 1.82) is 0 Å². The lowest BCUT2D eigenvalue weighted by Crippen LogP contribution is -2.28. The molecule has 0 spiro atoms. The average Bonchev–Trinajstić information content (AvgIpc) is 2.87. The summed E-state index contributed by atoms with van der Waals surface area (Å²) in [7, 11) is -3.27. The molecule has 0 N–H and O–H groups in total. The van der Waals surface area contributed by atoms with Gasteiger partial charge >= 0.3 is 0 Å². The summed E-state index contributed by atoms with van der Waals surface area (Å²) in [5.74, 6) is 0.536. The lowest BCUT2D eigenvalue weighted by molar-refractivity contribution is 0.445. The molecule has 0 amide bonds. The van der Waals surface area contributed by atoms with Crippen LogP contribution in [0.3, 0.4) is 0 Å². The summed E-state index contributed by atoms with van der Waals surface area (Å²) < 4.78 is 27.5. The van der Waals surface area contributed by atoms with Gasteiger partial charge in [0.15, 0.2) is 0 Å². The highest BCUT2D eigenvalue weighted by Crippen LogP contribution is 2.33. The first-order valence-corrected chi connectivity index (χ1v) is 8.90. The fourth-order valence-corrected chi connectivity index (χ4v) is 6.22. The zero-order chi connectivity index (χ0) is 12.5. The van der Waals surface area contributed by atoms with Crippen molar-refractivity contribution in [3.63, 3.8) is 0 Å². The third kappa shape index (κ3) is 2.75. The first-order valence-electron chi connectivity index (χ1n) is 5.79. The summed E-state index contributed by atoms with van der Waals surface area (Å²) in [6.07, 6.45) is 3.24. The van der Waals surface area contributed by atoms with E-state index in [1.165, 1.54) is 11.3 Å². The molecule has 1 aromatic heterocycles. The van der Waals surface area contributed by atoms with E-state index in [2.05, 4.69) is 22.9 Å². The first kappa shape index (κ1) is 13.5. The fraction of sp³-hybridized carbons (Fsp3) is 0.636. The maximum atomic E-state index is 12.4. The van der Waals surface area contributed by atoms with Gasteiger partial charge in [0.1, 0.15) is 4.21 Å². The standard InChI is InChI=1S/C11H16BrNO2S2/c1-2-3-9-4-6-13(8-9)17(14,15)11-10(12)5-7-16-11/h5,7,9H,2-4,6,8H2,1H3. The van der Waals surface area contributed by atoms with Gasteiger partial charge in [0.25, 0.3) is 10.0 Å². The predicted molar refractivity (Wildman–Crippen MR) is 73.8 cm³/mol. The van der Waals surface area contributed by atoms with Crippen LogP contribution in [-0.2, 0) is 10.0 Å². The maximum absolute atomic E-state index is 12.4. The Bertz CT molecular complexity index is 483. The lowest BCUT2D eigenvalue weighted by atomic mass is 10.0. The largest absolute Gasteiger partial charge is 0.253 e. The number of nitrogens with zero attached hydrogens (tertiary/aromatic N) is 1. The Labute approximate surface area is 115 Å². The molecule has 6 heteroatoms. The van der Waals surface area contributed by atoms with Gasteiger partial charge in [0.2, 0.25) is 0 Å². The second-order valence-corrected chi connectivity index (χ2v) is 8.27. The van der Waals surface area contributed by atoms with E-state index in [1.54, 1.807) is 15.8 Å². The van der Waals surface area contributed by atoms with Gasteiger partial charge in [-0.15, -0.1) is 11.3 Å². The number of rotatable bonds is 4. The Balaban J connectivity index is 2.16. The number of sulfonamides is 1. The number of hydrogen-bond acceptors (Lipinski definition) is 3. The minimum absolute atomic E-state index is 0.439. The molecule has 1 fully saturated rings. The van der Waals surface area contributed by atoms with E-state index >= 15 is 0 Å². The Morgan fingerprint density at radius 3 is 2.94 bits per heavy atom. The molecule has 2 rings (SSSR count). The van der Waals surface area contributed by atoms with Crippen LogP contribution in [0.1, 0.15) is 26.2 Å². The number of hydrogen-bond donors (Lipinski definition) is 0. The molecule has 1 aliphatic heterocycles. The molecule has 0 aliphatic carbocycles. The van der Waals surface area contributed by atoms with E-state index < -0.39 is 10.0 Å². The van der Waals surface area contributed by atoms with Crippen molar-refractivity contribution in [1.82, 2.24) is 4.31 Å². The molecule has 1 saturated heterocycles. The normalized spacial score (nSPS) is 22.1. The Morgan fingerprint density at radius 2 is 2.35 bits per heavy atom. The highest BCUT2D eigenvalue weighted by molar-refractivity contribution is 9.10. The van der Waals surface area contributed by atoms with Crippen LogP contribution in [-0.4, -0.2) is 25.8 Å². The summed E-state index contributed by atoms with van der Waals surface area (Å²) in [5, 5.41) is 1.80. The van der Waals surface area contributed by atoms with Crippen LogP contribution in [0.5, 0.6) is 0 Å². The molecule has 0 saturated carbocycles. The summed E-state index contributed by atoms with van der Waals surface area (Å²) in [4.78, 5) is 0. The van der Waals surface area contributed by atoms with Gasteiger partial charge < -0.3 is 0 Å². The van der Waals surface area contributed by atoms with Gasteiger partial charge in [0.05, 0.1) is 0 Å². The third-order valence-corrected chi connectivity index (χ3v) is 7.62. The van der Waals surface area contributed by atoms with Gasteiger partial charge in [-0.25, -0.2) is 8.42 Å². The SMILES string of the molecule is CCCC1CCN(S(=O)(=O)c2sccc2Br)C1. The second-order valence-electron chi connectivity index (χ2n) is 4.36. The first-order chi connectivity index (χ1) is 8.05. The lowest BCUT2D eigenvalue weighted by Gasteiger charge is -2.15. The van der Waals surface area contributed by atoms with E-state index in [9.17, 15) is 8.42 Å². The molecule has 1 aliphatic rings. The Hall–Kier alpha value is 0.0900. The summed E-state index contributed by atoms with van der Waals surface area (Å²) in [6, 6.07) is 1.79. The van der Waals surface area contributed by atoms with Crippen LogP contribution in [0.15, 0.2) is 20.1 Å². The highest BCUT2D eigenvalue weighted by atomic mass is 79.9. The minimum Gasteiger partial charge on any atom is -0.206 e. The molecule has 0 bridgehead atoms. The molecule has 1 aromatic rings. The van der Waals surface area contributed by atoms with E-state index in [4.69, 9.17) is 0 Å². The molecule has 96 valence electrons. The maximum Gasteiger partial charge on any atom is 0.253 e. The molecule has 1 atom stereocenters. The van der Waals surface area contributed by atoms with E-state index in [0.717, 1.165) is 19.3 Å². The van der Waals surface area contributed by atoms with E-state index in [1.807, 2.05) is 0 Å². The van der Waals surface area contributed by atoms with Crippen LogP contribution in [0.2, 0.25) is 0 Å². The topological polar surface area (TPSA) is 37.4 Å². The predicted octanol–water partition coefficient (Wildman–Crippen LogP) is 3.32. The Kier molecular flexibility index (Phi) is 4.28. The van der Waals surface area contributed by atoms with Gasteiger partial charge in [0, 0.05) is 17.6 Å². The highest BCUT2D eigenvalue weighted by Gasteiger charge is 2.33. The smallest absolute Gasteiger partial charge is 0.206 e. The van der Waals surface area contributed by atoms with Crippen molar-refractivity contribution in [2.24, 2.45) is 5.92 Å². The Morgan fingerprint density at radius 1 is 1.59 bits per heavy atom. The van der Waals surface area contributed by atoms with Crippen molar-refractivity contribution in [2.45, 2.75) is 30.4 Å². The number of thiophene rings is 1. The molecule has 0 radical (unpaired) electrons. The van der Waals surface area contributed by atoms with Gasteiger partial charge in [-0.2, -0.15) is 4.31 Å². The number of halogens is 1. The van der Waals surface area contributed by atoms with Crippen molar-refractivity contribution in [3.05, 3.63) is 15.9 Å². The van der Waals surface area contributed by atoms with E-state index in [0.29, 0.717) is 27.7 Å². The van der Waals surface area contributed by atoms with Crippen molar-refractivity contribution < 1.29 is 8.42 Å². The molecular formula is C11H16BrNO2S2. The minimum atomic E-state index is -3.27. The third-order valence-electron chi connectivity index (χ3n) is 3.10. The van der Waals surface area contributed by atoms with Crippen LogP contribution in [0, 0.1) is 5.92 Å². The van der Waals surface area contributed by atoms with Crippen molar-refractivity contribution in [2.75, 3.05) is 13.1 Å². The molecular weight excluding hydrogens is 322 g/mol. The van der Waals surface area contributed by atoms with Crippen LogP contribution in [0.4, 0.5) is 0 Å². The molecule has 17 heavy (non-hydrogen) atoms. The van der Waals surface area contributed by atoms with Gasteiger partial charge in [-0.1, -0.05) is 13.3 Å². The van der Waals surface area contributed by atoms with Crippen molar-refractivity contribution >= 4 is 37.3 Å². The van der Waals surface area contributed by atoms with E-state index in [-0.39, 0.29) is 0 Å². The van der Waals surface area contributed by atoms with Gasteiger partial charge in [-0.05, 0) is 46.1 Å². The van der Waals surface area contributed by atoms with Crippen LogP contribution in [0.25, 0.3) is 0 Å². The quantitative estimate of drug-likeness (QED) is 0.845. The molecule has 2 heterocycles. The molecule has 0 aromatic carbocycles. The monoisotopic (exact) mass is 337 g/mol. The molecule has 3 nitrogen and oxygen atoms in total. The summed E-state index contributed by atoms with van der Waals surface area (Å²) in [6.45, 7) is 3.49. The summed E-state index contributed by atoms with van der Waals surface area (Å²) in [5.41, 5.74) is 0.